The van der Waals surface area contributed by atoms with Crippen LogP contribution >= 0.6 is 0 Å². The van der Waals surface area contributed by atoms with E-state index < -0.39 is 0 Å². The van der Waals surface area contributed by atoms with Gasteiger partial charge in [-0.15, -0.1) is 0 Å². The van der Waals surface area contributed by atoms with Crippen LogP contribution in [0.5, 0.6) is 0 Å². The summed E-state index contributed by atoms with van der Waals surface area (Å²) in [5.41, 5.74) is 10.0. The lowest BCUT2D eigenvalue weighted by molar-refractivity contribution is -0.0798. The van der Waals surface area contributed by atoms with Crippen molar-refractivity contribution in [1.29, 1.82) is 0 Å². The summed E-state index contributed by atoms with van der Waals surface area (Å²) in [6.07, 6.45) is 8.69. The van der Waals surface area contributed by atoms with Crippen molar-refractivity contribution >= 4 is 11.4 Å². The molecule has 2 heterocycles. The van der Waals surface area contributed by atoms with Crippen LogP contribution in [0, 0.1) is 0 Å². The van der Waals surface area contributed by atoms with Gasteiger partial charge in [-0.2, -0.15) is 0 Å². The third-order valence-corrected chi connectivity index (χ3v) is 5.52. The van der Waals surface area contributed by atoms with E-state index in [0.717, 1.165) is 31.7 Å². The fourth-order valence-corrected chi connectivity index (χ4v) is 4.50. The summed E-state index contributed by atoms with van der Waals surface area (Å²) >= 11 is 0. The zero-order valence-corrected chi connectivity index (χ0v) is 12.1. The van der Waals surface area contributed by atoms with E-state index in [4.69, 9.17) is 10.5 Å². The lowest BCUT2D eigenvalue weighted by Crippen LogP contribution is -2.47. The van der Waals surface area contributed by atoms with Gasteiger partial charge in [-0.1, -0.05) is 18.9 Å². The number of nitrogens with two attached hydrogens (primary N) is 1. The average Bonchev–Trinajstić information content (AvgIpc) is 3.07. The van der Waals surface area contributed by atoms with Gasteiger partial charge in [0.15, 0.2) is 0 Å². The molecule has 1 aromatic rings. The first kappa shape index (κ1) is 12.5. The van der Waals surface area contributed by atoms with Crippen molar-refractivity contribution < 1.29 is 4.74 Å². The van der Waals surface area contributed by atoms with Crippen molar-refractivity contribution in [3.63, 3.8) is 0 Å². The number of rotatable bonds is 1. The van der Waals surface area contributed by atoms with E-state index in [0.29, 0.717) is 6.04 Å². The maximum absolute atomic E-state index is 6.18. The second-order valence-electron chi connectivity index (χ2n) is 6.67. The van der Waals surface area contributed by atoms with Crippen LogP contribution in [0.3, 0.4) is 0 Å². The quantitative estimate of drug-likeness (QED) is 0.798. The second-order valence-corrected chi connectivity index (χ2v) is 6.67. The first-order valence-corrected chi connectivity index (χ1v) is 8.05. The van der Waals surface area contributed by atoms with E-state index in [1.54, 1.807) is 0 Å². The molecule has 20 heavy (non-hydrogen) atoms. The molecule has 0 aromatic heterocycles. The Bertz CT molecular complexity index is 508. The molecule has 1 spiro atoms. The fraction of sp³-hybridized carbons (Fsp3) is 0.647. The Morgan fingerprint density at radius 2 is 2.10 bits per heavy atom. The molecule has 0 bridgehead atoms. The molecule has 0 amide bonds. The molecular formula is C17H24N2O. The average molecular weight is 272 g/mol. The number of hydrogen-bond acceptors (Lipinski definition) is 3. The number of fused-ring (bicyclic) bond motifs is 1. The van der Waals surface area contributed by atoms with E-state index in [-0.39, 0.29) is 5.60 Å². The lowest BCUT2D eigenvalue weighted by atomic mass is 9.88. The van der Waals surface area contributed by atoms with Crippen LogP contribution in [0.2, 0.25) is 0 Å². The van der Waals surface area contributed by atoms with E-state index >= 15 is 0 Å². The largest absolute Gasteiger partial charge is 0.398 e. The van der Waals surface area contributed by atoms with Crippen molar-refractivity contribution in [2.45, 2.75) is 56.6 Å². The Labute approximate surface area is 121 Å². The first-order valence-electron chi connectivity index (χ1n) is 8.05. The van der Waals surface area contributed by atoms with Gasteiger partial charge < -0.3 is 15.4 Å². The number of hydrogen-bond donors (Lipinski definition) is 1. The summed E-state index contributed by atoms with van der Waals surface area (Å²) in [7, 11) is 0. The SMILES string of the molecule is Nc1cccc2c1CCN2C1CCOC2(CCCC2)C1. The van der Waals surface area contributed by atoms with Crippen molar-refractivity contribution in [2.75, 3.05) is 23.8 Å². The zero-order chi connectivity index (χ0) is 13.6. The molecule has 3 aliphatic rings. The molecule has 3 nitrogen and oxygen atoms in total. The second kappa shape index (κ2) is 4.66. The molecule has 1 aliphatic carbocycles. The Balaban J connectivity index is 1.59. The van der Waals surface area contributed by atoms with E-state index in [9.17, 15) is 0 Å². The molecule has 3 heteroatoms. The summed E-state index contributed by atoms with van der Waals surface area (Å²) in [4.78, 5) is 2.61. The Kier molecular flexibility index (Phi) is 2.92. The molecule has 4 rings (SSSR count). The highest BCUT2D eigenvalue weighted by molar-refractivity contribution is 5.68. The first-order chi connectivity index (χ1) is 9.77. The highest BCUT2D eigenvalue weighted by atomic mass is 16.5. The van der Waals surface area contributed by atoms with Crippen LogP contribution in [0.4, 0.5) is 11.4 Å². The molecule has 2 fully saturated rings. The van der Waals surface area contributed by atoms with Gasteiger partial charge in [0.1, 0.15) is 0 Å². The molecule has 1 saturated heterocycles. The smallest absolute Gasteiger partial charge is 0.0702 e. The molecule has 0 radical (unpaired) electrons. The molecule has 2 N–H and O–H groups in total. The Morgan fingerprint density at radius 1 is 1.25 bits per heavy atom. The van der Waals surface area contributed by atoms with E-state index in [1.165, 1.54) is 43.4 Å². The predicted octanol–water partition coefficient (Wildman–Crippen LogP) is 3.12. The summed E-state index contributed by atoms with van der Waals surface area (Å²) in [6.45, 7) is 2.06. The predicted molar refractivity (Wildman–Crippen MR) is 82.1 cm³/mol. The van der Waals surface area contributed by atoms with Gasteiger partial charge in [0.25, 0.3) is 0 Å². The number of nitrogen functional groups attached to an aromatic ring is 1. The summed E-state index contributed by atoms with van der Waals surface area (Å²) in [5, 5.41) is 0. The van der Waals surface area contributed by atoms with Crippen LogP contribution in [0.25, 0.3) is 0 Å². The minimum absolute atomic E-state index is 0.200. The third kappa shape index (κ3) is 1.91. The summed E-state index contributed by atoms with van der Waals surface area (Å²) in [5.74, 6) is 0. The number of nitrogens with zero attached hydrogens (tertiary/aromatic N) is 1. The molecule has 1 unspecified atom stereocenters. The van der Waals surface area contributed by atoms with Crippen molar-refractivity contribution in [3.05, 3.63) is 23.8 Å². The monoisotopic (exact) mass is 272 g/mol. The molecule has 2 aliphatic heterocycles. The number of anilines is 2. The van der Waals surface area contributed by atoms with Gasteiger partial charge >= 0.3 is 0 Å². The van der Waals surface area contributed by atoms with E-state index in [2.05, 4.69) is 17.0 Å². The molecule has 1 saturated carbocycles. The maximum Gasteiger partial charge on any atom is 0.0702 e. The number of benzene rings is 1. The third-order valence-electron chi connectivity index (χ3n) is 5.52. The summed E-state index contributed by atoms with van der Waals surface area (Å²) < 4.78 is 6.18. The molecule has 1 atom stereocenters. The van der Waals surface area contributed by atoms with Crippen LogP contribution in [-0.2, 0) is 11.2 Å². The zero-order valence-electron chi connectivity index (χ0n) is 12.1. The highest BCUT2D eigenvalue weighted by Crippen LogP contribution is 2.43. The van der Waals surface area contributed by atoms with Gasteiger partial charge in [-0.3, -0.25) is 0 Å². The van der Waals surface area contributed by atoms with Crippen molar-refractivity contribution in [3.8, 4) is 0 Å². The van der Waals surface area contributed by atoms with Gasteiger partial charge in [0.2, 0.25) is 0 Å². The highest BCUT2D eigenvalue weighted by Gasteiger charge is 2.42. The van der Waals surface area contributed by atoms with Crippen molar-refractivity contribution in [1.82, 2.24) is 0 Å². The lowest BCUT2D eigenvalue weighted by Gasteiger charge is -2.42. The van der Waals surface area contributed by atoms with Gasteiger partial charge in [0, 0.05) is 36.1 Å². The number of ether oxygens (including phenoxy) is 1. The Morgan fingerprint density at radius 3 is 2.95 bits per heavy atom. The van der Waals surface area contributed by atoms with E-state index in [1.807, 2.05) is 6.07 Å². The molecular weight excluding hydrogens is 248 g/mol. The standard InChI is InChI=1S/C17H24N2O/c18-15-4-3-5-16-14(15)6-10-19(16)13-7-11-20-17(12-13)8-1-2-9-17/h3-5,13H,1-2,6-12,18H2. The van der Waals surface area contributed by atoms with Crippen LogP contribution < -0.4 is 10.6 Å². The van der Waals surface area contributed by atoms with Crippen LogP contribution in [-0.4, -0.2) is 24.8 Å². The van der Waals surface area contributed by atoms with Gasteiger partial charge in [-0.25, -0.2) is 0 Å². The topological polar surface area (TPSA) is 38.5 Å². The van der Waals surface area contributed by atoms with Crippen molar-refractivity contribution in [2.24, 2.45) is 0 Å². The fourth-order valence-electron chi connectivity index (χ4n) is 4.50. The molecule has 1 aromatic carbocycles. The van der Waals surface area contributed by atoms with Crippen LogP contribution in [0.15, 0.2) is 18.2 Å². The Hall–Kier alpha value is -1.22. The van der Waals surface area contributed by atoms with Gasteiger partial charge in [0.05, 0.1) is 5.60 Å². The summed E-state index contributed by atoms with van der Waals surface area (Å²) in [6, 6.07) is 7.02. The maximum atomic E-state index is 6.18. The minimum atomic E-state index is 0.200. The van der Waals surface area contributed by atoms with Crippen LogP contribution in [0.1, 0.15) is 44.1 Å². The molecule has 108 valence electrons. The van der Waals surface area contributed by atoms with Gasteiger partial charge in [-0.05, 0) is 44.2 Å². The normalized spacial score (nSPS) is 28.0. The minimum Gasteiger partial charge on any atom is -0.398 e.